The molecule has 4 nitrogen and oxygen atoms in total. The molecule has 1 aliphatic heterocycles. The number of likely N-dealkylation sites (tertiary alicyclic amines) is 1. The van der Waals surface area contributed by atoms with Crippen LogP contribution in [-0.2, 0) is 0 Å². The van der Waals surface area contributed by atoms with Crippen LogP contribution < -0.4 is 10.6 Å². The molecule has 1 heterocycles. The van der Waals surface area contributed by atoms with Crippen LogP contribution in [0.1, 0.15) is 31.4 Å². The molecule has 1 aromatic rings. The number of piperidine rings is 1. The van der Waals surface area contributed by atoms with Gasteiger partial charge < -0.3 is 10.6 Å². The van der Waals surface area contributed by atoms with E-state index in [1.807, 2.05) is 6.07 Å². The number of benzene rings is 1. The van der Waals surface area contributed by atoms with E-state index < -0.39 is 6.67 Å². The molecule has 1 fully saturated rings. The molecule has 1 aromatic carbocycles. The van der Waals surface area contributed by atoms with E-state index >= 15 is 0 Å². The predicted octanol–water partition coefficient (Wildman–Crippen LogP) is 2.48. The number of carbonyl (C=O) groups excluding carboxylic acids is 1. The van der Waals surface area contributed by atoms with Gasteiger partial charge in [0.2, 0.25) is 0 Å². The van der Waals surface area contributed by atoms with Gasteiger partial charge in [-0.15, -0.1) is 0 Å². The van der Waals surface area contributed by atoms with Crippen molar-refractivity contribution in [1.29, 1.82) is 0 Å². The van der Waals surface area contributed by atoms with Crippen molar-refractivity contribution < 1.29 is 9.18 Å². The van der Waals surface area contributed by atoms with Crippen molar-refractivity contribution in [3.8, 4) is 0 Å². The molecule has 0 spiro atoms. The summed E-state index contributed by atoms with van der Waals surface area (Å²) in [5.41, 5.74) is 1.32. The average Bonchev–Trinajstić information content (AvgIpc) is 2.54. The smallest absolute Gasteiger partial charge is 0.315 e. The van der Waals surface area contributed by atoms with Gasteiger partial charge in [0.1, 0.15) is 6.67 Å². The maximum absolute atomic E-state index is 12.0. The van der Waals surface area contributed by atoms with Gasteiger partial charge in [0.05, 0.1) is 0 Å². The second-order valence-corrected chi connectivity index (χ2v) is 5.49. The minimum absolute atomic E-state index is 0.0791. The Hall–Kier alpha value is -1.62. The quantitative estimate of drug-likeness (QED) is 0.876. The summed E-state index contributed by atoms with van der Waals surface area (Å²) in [5.74, 6) is 0. The third kappa shape index (κ3) is 4.70. The number of urea groups is 1. The van der Waals surface area contributed by atoms with Crippen LogP contribution in [0.3, 0.4) is 0 Å². The van der Waals surface area contributed by atoms with Crippen LogP contribution in [0.2, 0.25) is 0 Å². The number of hydrogen-bond donors (Lipinski definition) is 2. The molecule has 5 heteroatoms. The SMILES string of the molecule is CC(c1ccccc1)N1CCC(NC(=O)NCCF)CC1. The van der Waals surface area contributed by atoms with E-state index in [0.29, 0.717) is 6.04 Å². The largest absolute Gasteiger partial charge is 0.336 e. The Kier molecular flexibility index (Phi) is 5.99. The molecule has 1 saturated heterocycles. The van der Waals surface area contributed by atoms with Crippen molar-refractivity contribution in [1.82, 2.24) is 15.5 Å². The molecule has 1 atom stereocenters. The molecule has 1 aliphatic rings. The zero-order valence-electron chi connectivity index (χ0n) is 12.5. The molecule has 0 radical (unpaired) electrons. The van der Waals surface area contributed by atoms with E-state index in [9.17, 15) is 9.18 Å². The van der Waals surface area contributed by atoms with Gasteiger partial charge in [0.25, 0.3) is 0 Å². The molecule has 116 valence electrons. The molecule has 0 saturated carbocycles. The average molecular weight is 293 g/mol. The van der Waals surface area contributed by atoms with Gasteiger partial charge >= 0.3 is 6.03 Å². The van der Waals surface area contributed by atoms with E-state index in [1.165, 1.54) is 5.56 Å². The van der Waals surface area contributed by atoms with Crippen molar-refractivity contribution in [3.05, 3.63) is 35.9 Å². The Morgan fingerprint density at radius 2 is 2.00 bits per heavy atom. The summed E-state index contributed by atoms with van der Waals surface area (Å²) in [6.07, 6.45) is 1.86. The summed E-state index contributed by atoms with van der Waals surface area (Å²) in [4.78, 5) is 13.9. The highest BCUT2D eigenvalue weighted by atomic mass is 19.1. The molecular formula is C16H24FN3O. The molecule has 21 heavy (non-hydrogen) atoms. The van der Waals surface area contributed by atoms with Crippen LogP contribution in [0.4, 0.5) is 9.18 Å². The lowest BCUT2D eigenvalue weighted by atomic mass is 10.0. The van der Waals surface area contributed by atoms with Crippen LogP contribution in [0.25, 0.3) is 0 Å². The Morgan fingerprint density at radius 3 is 2.62 bits per heavy atom. The van der Waals surface area contributed by atoms with Crippen molar-refractivity contribution in [2.24, 2.45) is 0 Å². The summed E-state index contributed by atoms with van der Waals surface area (Å²) >= 11 is 0. The lowest BCUT2D eigenvalue weighted by Crippen LogP contribution is -2.48. The highest BCUT2D eigenvalue weighted by molar-refractivity contribution is 5.74. The summed E-state index contributed by atoms with van der Waals surface area (Å²) in [7, 11) is 0. The second kappa shape index (κ2) is 7.98. The molecule has 0 aromatic heterocycles. The van der Waals surface area contributed by atoms with Crippen molar-refractivity contribution >= 4 is 6.03 Å². The number of hydrogen-bond acceptors (Lipinski definition) is 2. The van der Waals surface area contributed by atoms with E-state index in [-0.39, 0.29) is 18.6 Å². The molecule has 0 aliphatic carbocycles. The minimum atomic E-state index is -0.527. The fourth-order valence-corrected chi connectivity index (χ4v) is 2.77. The standard InChI is InChI=1S/C16H24FN3O/c1-13(14-5-3-2-4-6-14)20-11-7-15(8-12-20)19-16(21)18-10-9-17/h2-6,13,15H,7-12H2,1H3,(H2,18,19,21). The van der Waals surface area contributed by atoms with Crippen LogP contribution >= 0.6 is 0 Å². The first-order chi connectivity index (χ1) is 10.2. The Labute approximate surface area is 125 Å². The lowest BCUT2D eigenvalue weighted by Gasteiger charge is -2.36. The fraction of sp³-hybridized carbons (Fsp3) is 0.562. The second-order valence-electron chi connectivity index (χ2n) is 5.49. The van der Waals surface area contributed by atoms with Gasteiger partial charge in [-0.2, -0.15) is 0 Å². The van der Waals surface area contributed by atoms with E-state index in [2.05, 4.69) is 46.7 Å². The van der Waals surface area contributed by atoms with E-state index in [4.69, 9.17) is 0 Å². The minimum Gasteiger partial charge on any atom is -0.336 e. The van der Waals surface area contributed by atoms with Gasteiger partial charge in [0, 0.05) is 31.7 Å². The van der Waals surface area contributed by atoms with E-state index in [1.54, 1.807) is 0 Å². The number of halogens is 1. The molecular weight excluding hydrogens is 269 g/mol. The van der Waals surface area contributed by atoms with Crippen molar-refractivity contribution in [2.75, 3.05) is 26.3 Å². The lowest BCUT2D eigenvalue weighted by molar-refractivity contribution is 0.153. The van der Waals surface area contributed by atoms with Crippen LogP contribution in [-0.4, -0.2) is 43.3 Å². The fourth-order valence-electron chi connectivity index (χ4n) is 2.77. The first-order valence-electron chi connectivity index (χ1n) is 7.60. The Morgan fingerprint density at radius 1 is 1.33 bits per heavy atom. The molecule has 2 N–H and O–H groups in total. The third-order valence-electron chi connectivity index (χ3n) is 4.07. The Balaban J connectivity index is 1.76. The number of amides is 2. The zero-order valence-corrected chi connectivity index (χ0v) is 12.5. The Bertz CT molecular complexity index is 432. The van der Waals surface area contributed by atoms with Gasteiger partial charge in [-0.3, -0.25) is 4.90 Å². The summed E-state index contributed by atoms with van der Waals surface area (Å²) in [6, 6.07) is 10.8. The van der Waals surface area contributed by atoms with Gasteiger partial charge in [-0.05, 0) is 25.3 Å². The van der Waals surface area contributed by atoms with Gasteiger partial charge in [-0.1, -0.05) is 30.3 Å². The number of rotatable bonds is 5. The highest BCUT2D eigenvalue weighted by Gasteiger charge is 2.24. The summed E-state index contributed by atoms with van der Waals surface area (Å²) in [6.45, 7) is 3.70. The summed E-state index contributed by atoms with van der Waals surface area (Å²) in [5, 5.41) is 5.41. The van der Waals surface area contributed by atoms with E-state index in [0.717, 1.165) is 25.9 Å². The monoisotopic (exact) mass is 293 g/mol. The number of alkyl halides is 1. The van der Waals surface area contributed by atoms with Crippen molar-refractivity contribution in [3.63, 3.8) is 0 Å². The zero-order chi connectivity index (χ0) is 15.1. The van der Waals surface area contributed by atoms with Gasteiger partial charge in [0.15, 0.2) is 0 Å². The first-order valence-corrected chi connectivity index (χ1v) is 7.60. The number of nitrogens with zero attached hydrogens (tertiary/aromatic N) is 1. The third-order valence-corrected chi connectivity index (χ3v) is 4.07. The maximum Gasteiger partial charge on any atom is 0.315 e. The van der Waals surface area contributed by atoms with Crippen molar-refractivity contribution in [2.45, 2.75) is 31.8 Å². The van der Waals surface area contributed by atoms with Gasteiger partial charge in [-0.25, -0.2) is 9.18 Å². The molecule has 1 unspecified atom stereocenters. The normalized spacial score (nSPS) is 18.2. The van der Waals surface area contributed by atoms with Crippen LogP contribution in [0.15, 0.2) is 30.3 Å². The first kappa shape index (κ1) is 15.8. The maximum atomic E-state index is 12.0. The summed E-state index contributed by atoms with van der Waals surface area (Å²) < 4.78 is 12.0. The molecule has 0 bridgehead atoms. The highest BCUT2D eigenvalue weighted by Crippen LogP contribution is 2.23. The number of carbonyl (C=O) groups is 1. The predicted molar refractivity (Wildman–Crippen MR) is 82.0 cm³/mol. The molecule has 2 rings (SSSR count). The number of nitrogens with one attached hydrogen (secondary N) is 2. The van der Waals surface area contributed by atoms with Crippen LogP contribution in [0, 0.1) is 0 Å². The molecule has 2 amide bonds. The van der Waals surface area contributed by atoms with Crippen LogP contribution in [0.5, 0.6) is 0 Å². The topological polar surface area (TPSA) is 44.4 Å².